The van der Waals surface area contributed by atoms with E-state index >= 15 is 0 Å². The molecule has 0 atom stereocenters. The number of piperazine rings is 1. The molecule has 0 aromatic heterocycles. The zero-order valence-corrected chi connectivity index (χ0v) is 10.1. The highest BCUT2D eigenvalue weighted by Gasteiger charge is 2.22. The molecule has 0 spiro atoms. The highest BCUT2D eigenvalue weighted by Crippen LogP contribution is 2.14. The highest BCUT2D eigenvalue weighted by atomic mass is 32.2. The van der Waals surface area contributed by atoms with Crippen LogP contribution in [0.2, 0.25) is 0 Å². The second-order valence-electron chi connectivity index (χ2n) is 3.83. The fraction of sp³-hybridized carbons (Fsp3) is 0.900. The van der Waals surface area contributed by atoms with Crippen molar-refractivity contribution in [2.45, 2.75) is 20.8 Å². The number of amides is 1. The van der Waals surface area contributed by atoms with Crippen LogP contribution in [0.5, 0.6) is 0 Å². The predicted molar refractivity (Wildman–Crippen MR) is 61.1 cm³/mol. The standard InChI is InChI=1S/C10H20N2OS/c1-4-14-12-7-5-11(6-8-12)10(13)9(2)3/h9H,4-8H2,1-3H3. The smallest absolute Gasteiger partial charge is 0.225 e. The van der Waals surface area contributed by atoms with Gasteiger partial charge in [-0.3, -0.25) is 4.79 Å². The predicted octanol–water partition coefficient (Wildman–Crippen LogP) is 1.45. The third kappa shape index (κ3) is 3.17. The summed E-state index contributed by atoms with van der Waals surface area (Å²) in [6, 6.07) is 0. The zero-order valence-electron chi connectivity index (χ0n) is 9.32. The first kappa shape index (κ1) is 11.9. The van der Waals surface area contributed by atoms with Crippen molar-refractivity contribution in [3.63, 3.8) is 0 Å². The van der Waals surface area contributed by atoms with Crippen molar-refractivity contribution in [2.24, 2.45) is 5.92 Å². The van der Waals surface area contributed by atoms with Gasteiger partial charge in [-0.15, -0.1) is 0 Å². The minimum Gasteiger partial charge on any atom is -0.340 e. The summed E-state index contributed by atoms with van der Waals surface area (Å²) in [5.41, 5.74) is 0. The fourth-order valence-corrected chi connectivity index (χ4v) is 2.37. The molecule has 0 saturated carbocycles. The third-order valence-corrected chi connectivity index (χ3v) is 3.34. The molecule has 0 aromatic carbocycles. The molecule has 0 bridgehead atoms. The van der Waals surface area contributed by atoms with Crippen LogP contribution >= 0.6 is 11.9 Å². The van der Waals surface area contributed by atoms with Gasteiger partial charge in [0.05, 0.1) is 0 Å². The number of rotatable bonds is 3. The molecule has 1 heterocycles. The van der Waals surface area contributed by atoms with Crippen molar-refractivity contribution in [1.29, 1.82) is 0 Å². The maximum absolute atomic E-state index is 11.7. The van der Waals surface area contributed by atoms with Crippen LogP contribution in [0.3, 0.4) is 0 Å². The Hall–Kier alpha value is -0.220. The van der Waals surface area contributed by atoms with Gasteiger partial charge in [0.25, 0.3) is 0 Å². The van der Waals surface area contributed by atoms with Gasteiger partial charge < -0.3 is 4.90 Å². The Morgan fingerprint density at radius 1 is 1.29 bits per heavy atom. The van der Waals surface area contributed by atoms with Gasteiger partial charge in [-0.1, -0.05) is 32.7 Å². The summed E-state index contributed by atoms with van der Waals surface area (Å²) in [7, 11) is 0. The molecule has 0 radical (unpaired) electrons. The van der Waals surface area contributed by atoms with Crippen LogP contribution < -0.4 is 0 Å². The van der Waals surface area contributed by atoms with E-state index in [2.05, 4.69) is 11.2 Å². The van der Waals surface area contributed by atoms with E-state index in [4.69, 9.17) is 0 Å². The van der Waals surface area contributed by atoms with Crippen molar-refractivity contribution >= 4 is 17.9 Å². The van der Waals surface area contributed by atoms with Crippen LogP contribution in [-0.4, -0.2) is 47.0 Å². The average Bonchev–Trinajstić information content (AvgIpc) is 2.18. The van der Waals surface area contributed by atoms with Gasteiger partial charge in [0, 0.05) is 37.8 Å². The average molecular weight is 216 g/mol. The SMILES string of the molecule is CCSN1CCN(C(=O)C(C)C)CC1. The van der Waals surface area contributed by atoms with E-state index < -0.39 is 0 Å². The van der Waals surface area contributed by atoms with E-state index in [1.807, 2.05) is 30.7 Å². The zero-order chi connectivity index (χ0) is 10.6. The van der Waals surface area contributed by atoms with Gasteiger partial charge in [-0.05, 0) is 0 Å². The van der Waals surface area contributed by atoms with Crippen molar-refractivity contribution in [3.8, 4) is 0 Å². The van der Waals surface area contributed by atoms with Crippen LogP contribution in [0.15, 0.2) is 0 Å². The maximum atomic E-state index is 11.7. The summed E-state index contributed by atoms with van der Waals surface area (Å²) >= 11 is 1.87. The Morgan fingerprint density at radius 3 is 2.29 bits per heavy atom. The lowest BCUT2D eigenvalue weighted by atomic mass is 10.2. The Bertz CT molecular complexity index is 189. The van der Waals surface area contributed by atoms with E-state index in [-0.39, 0.29) is 5.92 Å². The molecule has 82 valence electrons. The largest absolute Gasteiger partial charge is 0.340 e. The number of carbonyl (C=O) groups is 1. The second-order valence-corrected chi connectivity index (χ2v) is 5.18. The molecular formula is C10H20N2OS. The van der Waals surface area contributed by atoms with E-state index in [1.54, 1.807) is 0 Å². The van der Waals surface area contributed by atoms with Gasteiger partial charge in [0.1, 0.15) is 0 Å². The molecule has 0 N–H and O–H groups in total. The lowest BCUT2D eigenvalue weighted by Crippen LogP contribution is -2.47. The van der Waals surface area contributed by atoms with Gasteiger partial charge in [0.2, 0.25) is 5.91 Å². The van der Waals surface area contributed by atoms with Crippen LogP contribution in [0, 0.1) is 5.92 Å². The number of hydrogen-bond acceptors (Lipinski definition) is 3. The van der Waals surface area contributed by atoms with Crippen LogP contribution in [0.4, 0.5) is 0 Å². The number of nitrogens with zero attached hydrogens (tertiary/aromatic N) is 2. The van der Waals surface area contributed by atoms with E-state index in [9.17, 15) is 4.79 Å². The normalized spacial score (nSPS) is 19.0. The summed E-state index contributed by atoms with van der Waals surface area (Å²) in [4.78, 5) is 13.6. The third-order valence-electron chi connectivity index (χ3n) is 2.36. The van der Waals surface area contributed by atoms with Gasteiger partial charge in [0.15, 0.2) is 0 Å². The maximum Gasteiger partial charge on any atom is 0.225 e. The summed E-state index contributed by atoms with van der Waals surface area (Å²) in [5, 5.41) is 0. The Labute approximate surface area is 91.0 Å². The molecular weight excluding hydrogens is 196 g/mol. The molecule has 0 unspecified atom stereocenters. The van der Waals surface area contributed by atoms with Gasteiger partial charge in [-0.25, -0.2) is 4.31 Å². The van der Waals surface area contributed by atoms with Gasteiger partial charge >= 0.3 is 0 Å². The first-order valence-corrected chi connectivity index (χ1v) is 6.26. The first-order valence-electron chi connectivity index (χ1n) is 5.31. The summed E-state index contributed by atoms with van der Waals surface area (Å²) in [6.45, 7) is 9.91. The summed E-state index contributed by atoms with van der Waals surface area (Å²) < 4.78 is 2.35. The molecule has 3 nitrogen and oxygen atoms in total. The van der Waals surface area contributed by atoms with E-state index in [0.717, 1.165) is 31.9 Å². The lowest BCUT2D eigenvalue weighted by Gasteiger charge is -2.34. The van der Waals surface area contributed by atoms with Gasteiger partial charge in [-0.2, -0.15) is 0 Å². The molecule has 1 aliphatic rings. The van der Waals surface area contributed by atoms with Crippen molar-refractivity contribution < 1.29 is 4.79 Å². The lowest BCUT2D eigenvalue weighted by molar-refractivity contribution is -0.135. The van der Waals surface area contributed by atoms with Crippen molar-refractivity contribution in [1.82, 2.24) is 9.21 Å². The fourth-order valence-electron chi connectivity index (χ4n) is 1.59. The number of hydrogen-bond donors (Lipinski definition) is 0. The number of carbonyl (C=O) groups excluding carboxylic acids is 1. The molecule has 1 amide bonds. The van der Waals surface area contributed by atoms with E-state index in [1.165, 1.54) is 0 Å². The Balaban J connectivity index is 2.32. The Kier molecular flexibility index (Phi) is 4.75. The van der Waals surface area contributed by atoms with E-state index in [0.29, 0.717) is 5.91 Å². The van der Waals surface area contributed by atoms with Crippen LogP contribution in [0.1, 0.15) is 20.8 Å². The minimum atomic E-state index is 0.139. The second kappa shape index (κ2) is 5.61. The Morgan fingerprint density at radius 2 is 1.86 bits per heavy atom. The van der Waals surface area contributed by atoms with Crippen LogP contribution in [0.25, 0.3) is 0 Å². The molecule has 1 fully saturated rings. The van der Waals surface area contributed by atoms with Crippen LogP contribution in [-0.2, 0) is 4.79 Å². The molecule has 14 heavy (non-hydrogen) atoms. The molecule has 0 aliphatic carbocycles. The molecule has 4 heteroatoms. The molecule has 1 saturated heterocycles. The van der Waals surface area contributed by atoms with Crippen molar-refractivity contribution in [3.05, 3.63) is 0 Å². The quantitative estimate of drug-likeness (QED) is 0.667. The summed E-state index contributed by atoms with van der Waals surface area (Å²) in [5.74, 6) is 1.56. The summed E-state index contributed by atoms with van der Waals surface area (Å²) in [6.07, 6.45) is 0. The highest BCUT2D eigenvalue weighted by molar-refractivity contribution is 7.96. The minimum absolute atomic E-state index is 0.139. The molecule has 0 aromatic rings. The molecule has 1 aliphatic heterocycles. The first-order chi connectivity index (χ1) is 6.65. The molecule has 1 rings (SSSR count). The monoisotopic (exact) mass is 216 g/mol. The topological polar surface area (TPSA) is 23.6 Å². The van der Waals surface area contributed by atoms with Crippen molar-refractivity contribution in [2.75, 3.05) is 31.9 Å².